The van der Waals surface area contributed by atoms with Gasteiger partial charge in [0.25, 0.3) is 10.0 Å². The molecular weight excluding hydrogens is 549 g/mol. The number of rotatable bonds is 11. The van der Waals surface area contributed by atoms with E-state index in [2.05, 4.69) is 5.32 Å². The minimum Gasteiger partial charge on any atom is -0.497 e. The topological polar surface area (TPSA) is 96.0 Å². The Morgan fingerprint density at radius 2 is 1.68 bits per heavy atom. The van der Waals surface area contributed by atoms with Crippen LogP contribution in [0.25, 0.3) is 0 Å². The van der Waals surface area contributed by atoms with E-state index in [0.717, 1.165) is 4.31 Å². The van der Waals surface area contributed by atoms with Gasteiger partial charge in [0.15, 0.2) is 0 Å². The molecule has 11 heteroatoms. The lowest BCUT2D eigenvalue weighted by Gasteiger charge is -2.32. The molecule has 0 fully saturated rings. The SMILES string of the molecule is CCNC(=O)[C@@H](C)N(Cc1ccc(Cl)c(Cl)c1)C(=O)CN(c1cccc(OC)c1)S(=O)(=O)c1ccccc1. The van der Waals surface area contributed by atoms with Gasteiger partial charge in [-0.25, -0.2) is 8.42 Å². The average Bonchev–Trinajstić information content (AvgIpc) is 2.92. The van der Waals surface area contributed by atoms with Crippen LogP contribution in [-0.2, 0) is 26.2 Å². The predicted molar refractivity (Wildman–Crippen MR) is 149 cm³/mol. The van der Waals surface area contributed by atoms with Crippen LogP contribution in [0, 0.1) is 0 Å². The van der Waals surface area contributed by atoms with Gasteiger partial charge in [-0.3, -0.25) is 13.9 Å². The van der Waals surface area contributed by atoms with Crippen molar-refractivity contribution in [2.45, 2.75) is 31.3 Å². The number of carbonyl (C=O) groups excluding carboxylic acids is 2. The molecule has 0 heterocycles. The van der Waals surface area contributed by atoms with Crippen molar-refractivity contribution < 1.29 is 22.7 Å². The second kappa shape index (κ2) is 13.0. The van der Waals surface area contributed by atoms with E-state index in [-0.39, 0.29) is 23.0 Å². The molecule has 2 amide bonds. The number of benzene rings is 3. The van der Waals surface area contributed by atoms with Crippen LogP contribution in [-0.4, -0.2) is 51.4 Å². The molecule has 0 unspecified atom stereocenters. The zero-order valence-electron chi connectivity index (χ0n) is 21.2. The Hall–Kier alpha value is -3.27. The Morgan fingerprint density at radius 3 is 2.32 bits per heavy atom. The summed E-state index contributed by atoms with van der Waals surface area (Å²) >= 11 is 12.2. The summed E-state index contributed by atoms with van der Waals surface area (Å²) in [7, 11) is -2.69. The van der Waals surface area contributed by atoms with Crippen LogP contribution in [0.1, 0.15) is 19.4 Å². The van der Waals surface area contributed by atoms with Crippen LogP contribution in [0.15, 0.2) is 77.7 Å². The lowest BCUT2D eigenvalue weighted by molar-refractivity contribution is -0.139. The van der Waals surface area contributed by atoms with Crippen molar-refractivity contribution in [3.8, 4) is 5.75 Å². The quantitative estimate of drug-likeness (QED) is 0.354. The van der Waals surface area contributed by atoms with Crippen LogP contribution >= 0.6 is 23.2 Å². The number of hydrogen-bond donors (Lipinski definition) is 1. The summed E-state index contributed by atoms with van der Waals surface area (Å²) in [5.74, 6) is -0.538. The number of halogens is 2. The van der Waals surface area contributed by atoms with Crippen LogP contribution < -0.4 is 14.4 Å². The van der Waals surface area contributed by atoms with E-state index in [9.17, 15) is 18.0 Å². The third kappa shape index (κ3) is 6.98. The lowest BCUT2D eigenvalue weighted by Crippen LogP contribution is -2.51. The van der Waals surface area contributed by atoms with Crippen molar-refractivity contribution >= 4 is 50.7 Å². The monoisotopic (exact) mass is 577 g/mol. The number of sulfonamides is 1. The van der Waals surface area contributed by atoms with E-state index >= 15 is 0 Å². The third-order valence-corrected chi connectivity index (χ3v) is 8.33. The number of nitrogens with zero attached hydrogens (tertiary/aromatic N) is 2. The van der Waals surface area contributed by atoms with Gasteiger partial charge in [-0.15, -0.1) is 0 Å². The van der Waals surface area contributed by atoms with Gasteiger partial charge in [-0.2, -0.15) is 0 Å². The molecule has 3 rings (SSSR count). The lowest BCUT2D eigenvalue weighted by atomic mass is 10.1. The van der Waals surface area contributed by atoms with Gasteiger partial charge in [-0.05, 0) is 55.8 Å². The number of likely N-dealkylation sites (N-methyl/N-ethyl adjacent to an activating group) is 1. The predicted octanol–water partition coefficient (Wildman–Crippen LogP) is 4.75. The number of anilines is 1. The van der Waals surface area contributed by atoms with Crippen molar-refractivity contribution in [2.24, 2.45) is 0 Å². The van der Waals surface area contributed by atoms with Gasteiger partial charge < -0.3 is 15.0 Å². The van der Waals surface area contributed by atoms with Gasteiger partial charge in [0.2, 0.25) is 11.8 Å². The van der Waals surface area contributed by atoms with E-state index in [1.165, 1.54) is 30.2 Å². The summed E-state index contributed by atoms with van der Waals surface area (Å²) in [6, 6.07) is 18.2. The normalized spacial score (nSPS) is 11.9. The number of methoxy groups -OCH3 is 1. The fraction of sp³-hybridized carbons (Fsp3) is 0.259. The van der Waals surface area contributed by atoms with Gasteiger partial charge in [0.1, 0.15) is 18.3 Å². The highest BCUT2D eigenvalue weighted by atomic mass is 35.5. The number of hydrogen-bond acceptors (Lipinski definition) is 5. The fourth-order valence-corrected chi connectivity index (χ4v) is 5.50. The summed E-state index contributed by atoms with van der Waals surface area (Å²) in [4.78, 5) is 27.9. The summed E-state index contributed by atoms with van der Waals surface area (Å²) < 4.78 is 33.8. The Labute approximate surface area is 233 Å². The molecule has 1 atom stereocenters. The number of carbonyl (C=O) groups is 2. The molecule has 0 radical (unpaired) electrons. The smallest absolute Gasteiger partial charge is 0.264 e. The molecule has 1 N–H and O–H groups in total. The molecule has 0 aliphatic heterocycles. The maximum atomic E-state index is 13.8. The molecule has 38 heavy (non-hydrogen) atoms. The highest BCUT2D eigenvalue weighted by molar-refractivity contribution is 7.92. The molecule has 0 spiro atoms. The zero-order chi connectivity index (χ0) is 27.9. The maximum Gasteiger partial charge on any atom is 0.264 e. The minimum atomic E-state index is -4.16. The molecule has 3 aromatic rings. The molecule has 0 aliphatic carbocycles. The van der Waals surface area contributed by atoms with Crippen molar-refractivity contribution in [3.63, 3.8) is 0 Å². The molecule has 0 aromatic heterocycles. The molecule has 0 saturated carbocycles. The fourth-order valence-electron chi connectivity index (χ4n) is 3.75. The first-order chi connectivity index (χ1) is 18.1. The van der Waals surface area contributed by atoms with E-state index in [1.54, 1.807) is 68.4 Å². The molecule has 0 aliphatic rings. The second-order valence-corrected chi connectivity index (χ2v) is 11.0. The molecular formula is C27H29Cl2N3O5S. The zero-order valence-corrected chi connectivity index (χ0v) is 23.6. The average molecular weight is 579 g/mol. The first kappa shape index (κ1) is 29.3. The van der Waals surface area contributed by atoms with E-state index in [4.69, 9.17) is 27.9 Å². The van der Waals surface area contributed by atoms with Gasteiger partial charge in [-0.1, -0.05) is 53.5 Å². The van der Waals surface area contributed by atoms with Crippen LogP contribution in [0.5, 0.6) is 5.75 Å². The minimum absolute atomic E-state index is 0.00532. The summed E-state index contributed by atoms with van der Waals surface area (Å²) in [5.41, 5.74) is 0.865. The number of ether oxygens (including phenoxy) is 1. The van der Waals surface area contributed by atoms with Crippen LogP contribution in [0.4, 0.5) is 5.69 Å². The molecule has 0 saturated heterocycles. The number of nitrogens with one attached hydrogen (secondary N) is 1. The molecule has 3 aromatic carbocycles. The highest BCUT2D eigenvalue weighted by Gasteiger charge is 2.32. The Morgan fingerprint density at radius 1 is 0.974 bits per heavy atom. The number of amides is 2. The first-order valence-electron chi connectivity index (χ1n) is 11.8. The van der Waals surface area contributed by atoms with Crippen molar-refractivity contribution in [1.82, 2.24) is 10.2 Å². The Kier molecular flexibility index (Phi) is 10.0. The van der Waals surface area contributed by atoms with Gasteiger partial charge in [0.05, 0.1) is 27.7 Å². The van der Waals surface area contributed by atoms with Gasteiger partial charge in [0, 0.05) is 19.2 Å². The van der Waals surface area contributed by atoms with Crippen molar-refractivity contribution in [3.05, 3.63) is 88.4 Å². The molecule has 8 nitrogen and oxygen atoms in total. The van der Waals surface area contributed by atoms with E-state index < -0.39 is 28.5 Å². The van der Waals surface area contributed by atoms with Crippen molar-refractivity contribution in [2.75, 3.05) is 24.5 Å². The third-order valence-electron chi connectivity index (χ3n) is 5.81. The van der Waals surface area contributed by atoms with Crippen molar-refractivity contribution in [1.29, 1.82) is 0 Å². The first-order valence-corrected chi connectivity index (χ1v) is 14.0. The van der Waals surface area contributed by atoms with Crippen LogP contribution in [0.3, 0.4) is 0 Å². The summed E-state index contributed by atoms with van der Waals surface area (Å²) in [6.07, 6.45) is 0. The molecule has 202 valence electrons. The summed E-state index contributed by atoms with van der Waals surface area (Å²) in [5, 5.41) is 3.36. The maximum absolute atomic E-state index is 13.8. The Bertz CT molecular complexity index is 1390. The van der Waals surface area contributed by atoms with E-state index in [0.29, 0.717) is 27.9 Å². The van der Waals surface area contributed by atoms with Crippen LogP contribution in [0.2, 0.25) is 10.0 Å². The second-order valence-electron chi connectivity index (χ2n) is 8.37. The molecule has 0 bridgehead atoms. The Balaban J connectivity index is 2.04. The highest BCUT2D eigenvalue weighted by Crippen LogP contribution is 2.28. The standard InChI is InChI=1S/C27H29Cl2N3O5S/c1-4-30-27(34)19(2)31(17-20-13-14-24(28)25(29)15-20)26(33)18-32(21-9-8-10-22(16-21)37-3)38(35,36)23-11-6-5-7-12-23/h5-16,19H,4,17-18H2,1-3H3,(H,30,34)/t19-/m1/s1. The largest absolute Gasteiger partial charge is 0.497 e. The summed E-state index contributed by atoms with van der Waals surface area (Å²) in [6.45, 7) is 3.17. The van der Waals surface area contributed by atoms with E-state index in [1.807, 2.05) is 0 Å². The van der Waals surface area contributed by atoms with Gasteiger partial charge >= 0.3 is 0 Å².